The van der Waals surface area contributed by atoms with Crippen LogP contribution in [0.3, 0.4) is 0 Å². The first-order valence-electron chi connectivity index (χ1n) is 7.37. The minimum Gasteiger partial charge on any atom is -0.464 e. The van der Waals surface area contributed by atoms with Crippen LogP contribution < -0.4 is 5.73 Å². The van der Waals surface area contributed by atoms with Crippen molar-refractivity contribution in [3.05, 3.63) is 28.9 Å². The molecule has 0 unspecified atom stereocenters. The molecule has 1 saturated carbocycles. The average molecular weight is 321 g/mol. The quantitative estimate of drug-likeness (QED) is 0.813. The highest BCUT2D eigenvalue weighted by atomic mass is 35.5. The summed E-state index contributed by atoms with van der Waals surface area (Å²) in [4.78, 5) is 24.5. The predicted octanol–water partition coefficient (Wildman–Crippen LogP) is 4.17. The molecule has 0 aliphatic heterocycles. The van der Waals surface area contributed by atoms with Crippen LogP contribution in [0.15, 0.2) is 18.2 Å². The van der Waals surface area contributed by atoms with Crippen LogP contribution >= 0.6 is 11.6 Å². The van der Waals surface area contributed by atoms with Crippen molar-refractivity contribution in [2.24, 2.45) is 5.92 Å². The summed E-state index contributed by atoms with van der Waals surface area (Å²) < 4.78 is 0.980. The van der Waals surface area contributed by atoms with Crippen LogP contribution in [0, 0.1) is 5.92 Å². The summed E-state index contributed by atoms with van der Waals surface area (Å²) in [7, 11) is 0. The topological polar surface area (TPSA) is 85.3 Å². The molecule has 1 aliphatic rings. The first-order valence-corrected chi connectivity index (χ1v) is 7.75. The molecule has 1 aromatic heterocycles. The number of hydrogen-bond acceptors (Lipinski definition) is 3. The van der Waals surface area contributed by atoms with Crippen molar-refractivity contribution >= 4 is 40.1 Å². The van der Waals surface area contributed by atoms with Gasteiger partial charge in [-0.25, -0.2) is 9.36 Å². The number of carbonyl (C=O) groups excluding carboxylic acids is 1. The summed E-state index contributed by atoms with van der Waals surface area (Å²) in [5, 5.41) is 10.5. The van der Waals surface area contributed by atoms with Crippen LogP contribution in [-0.4, -0.2) is 21.6 Å². The Kier molecular flexibility index (Phi) is 3.83. The summed E-state index contributed by atoms with van der Waals surface area (Å²) in [6.45, 7) is 0. The van der Waals surface area contributed by atoms with Crippen LogP contribution in [0.5, 0.6) is 0 Å². The summed E-state index contributed by atoms with van der Waals surface area (Å²) in [5.74, 6) is -0.319. The van der Waals surface area contributed by atoms with Crippen LogP contribution in [0.4, 0.5) is 10.5 Å². The number of halogens is 1. The Morgan fingerprint density at radius 1 is 1.23 bits per heavy atom. The van der Waals surface area contributed by atoms with Crippen LogP contribution in [0.2, 0.25) is 5.02 Å². The van der Waals surface area contributed by atoms with Crippen molar-refractivity contribution in [3.63, 3.8) is 0 Å². The fraction of sp³-hybridized carbons (Fsp3) is 0.375. The Morgan fingerprint density at radius 3 is 2.55 bits per heavy atom. The Bertz CT molecular complexity index is 760. The SMILES string of the molecule is Nc1c(C(=O)C2CCCCC2)n(C(=O)O)c2cc(Cl)ccc12. The van der Waals surface area contributed by atoms with Gasteiger partial charge in [0.05, 0.1) is 11.2 Å². The number of anilines is 1. The van der Waals surface area contributed by atoms with Crippen LogP contribution in [0.1, 0.15) is 42.6 Å². The van der Waals surface area contributed by atoms with Gasteiger partial charge in [0.1, 0.15) is 5.69 Å². The van der Waals surface area contributed by atoms with E-state index in [1.165, 1.54) is 6.07 Å². The van der Waals surface area contributed by atoms with Gasteiger partial charge in [-0.1, -0.05) is 30.9 Å². The van der Waals surface area contributed by atoms with Crippen molar-refractivity contribution in [2.45, 2.75) is 32.1 Å². The van der Waals surface area contributed by atoms with Crippen molar-refractivity contribution < 1.29 is 14.7 Å². The molecule has 3 rings (SSSR count). The van der Waals surface area contributed by atoms with E-state index < -0.39 is 6.09 Å². The molecule has 1 aliphatic carbocycles. The maximum atomic E-state index is 12.8. The Morgan fingerprint density at radius 2 is 1.91 bits per heavy atom. The first kappa shape index (κ1) is 14.9. The Hall–Kier alpha value is -2.01. The predicted molar refractivity (Wildman–Crippen MR) is 85.7 cm³/mol. The lowest BCUT2D eigenvalue weighted by Gasteiger charge is -2.20. The second-order valence-electron chi connectivity index (χ2n) is 5.74. The van der Waals surface area contributed by atoms with Gasteiger partial charge in [-0.05, 0) is 31.0 Å². The smallest absolute Gasteiger partial charge is 0.416 e. The van der Waals surface area contributed by atoms with Crippen LogP contribution in [-0.2, 0) is 0 Å². The second kappa shape index (κ2) is 5.65. The minimum atomic E-state index is -1.22. The zero-order valence-corrected chi connectivity index (χ0v) is 12.8. The van der Waals surface area contributed by atoms with Gasteiger partial charge < -0.3 is 10.8 Å². The number of nitrogen functional groups attached to an aromatic ring is 1. The molecule has 116 valence electrons. The van der Waals surface area contributed by atoms with Crippen molar-refractivity contribution in [3.8, 4) is 0 Å². The molecule has 22 heavy (non-hydrogen) atoms. The number of carbonyl (C=O) groups is 2. The van der Waals surface area contributed by atoms with E-state index in [9.17, 15) is 14.7 Å². The largest absolute Gasteiger partial charge is 0.464 e. The van der Waals surface area contributed by atoms with Crippen molar-refractivity contribution in [1.29, 1.82) is 0 Å². The minimum absolute atomic E-state index is 0.0802. The fourth-order valence-corrected chi connectivity index (χ4v) is 3.45. The molecule has 2 aromatic rings. The lowest BCUT2D eigenvalue weighted by atomic mass is 9.85. The van der Waals surface area contributed by atoms with Gasteiger partial charge >= 0.3 is 6.09 Å². The first-order chi connectivity index (χ1) is 10.5. The molecule has 0 spiro atoms. The molecule has 0 atom stereocenters. The summed E-state index contributed by atoms with van der Waals surface area (Å²) in [6.07, 6.45) is 3.48. The number of aromatic nitrogens is 1. The summed E-state index contributed by atoms with van der Waals surface area (Å²) >= 11 is 5.95. The Balaban J connectivity index is 2.19. The zero-order valence-electron chi connectivity index (χ0n) is 12.0. The molecule has 0 bridgehead atoms. The van der Waals surface area contributed by atoms with Gasteiger partial charge in [-0.2, -0.15) is 0 Å². The lowest BCUT2D eigenvalue weighted by Crippen LogP contribution is -2.24. The van der Waals surface area contributed by atoms with E-state index >= 15 is 0 Å². The van der Waals surface area contributed by atoms with Crippen molar-refractivity contribution in [1.82, 2.24) is 4.57 Å². The van der Waals surface area contributed by atoms with Gasteiger partial charge in [-0.3, -0.25) is 4.79 Å². The normalized spacial score (nSPS) is 16.0. The number of nitrogens with two attached hydrogens (primary N) is 1. The van der Waals surface area contributed by atoms with E-state index in [4.69, 9.17) is 17.3 Å². The Labute approximate surface area is 132 Å². The molecular weight excluding hydrogens is 304 g/mol. The number of Topliss-reactive ketones (excluding diaryl/α,β-unsaturated/α-hetero) is 1. The maximum Gasteiger partial charge on any atom is 0.416 e. The highest BCUT2D eigenvalue weighted by Crippen LogP contribution is 2.35. The summed E-state index contributed by atoms with van der Waals surface area (Å²) in [5.41, 5.74) is 6.75. The number of fused-ring (bicyclic) bond motifs is 1. The maximum absolute atomic E-state index is 12.8. The molecule has 1 fully saturated rings. The highest BCUT2D eigenvalue weighted by Gasteiger charge is 2.30. The fourth-order valence-electron chi connectivity index (χ4n) is 3.29. The van der Waals surface area contributed by atoms with E-state index in [0.29, 0.717) is 15.9 Å². The van der Waals surface area contributed by atoms with Crippen LogP contribution in [0.25, 0.3) is 10.9 Å². The van der Waals surface area contributed by atoms with E-state index in [1.54, 1.807) is 12.1 Å². The molecule has 0 radical (unpaired) electrons. The number of nitrogens with zero attached hydrogens (tertiary/aromatic N) is 1. The average Bonchev–Trinajstić information content (AvgIpc) is 2.80. The highest BCUT2D eigenvalue weighted by molar-refractivity contribution is 6.31. The van der Waals surface area contributed by atoms with E-state index in [1.807, 2.05) is 0 Å². The monoisotopic (exact) mass is 320 g/mol. The third kappa shape index (κ3) is 2.35. The molecule has 1 heterocycles. The standard InChI is InChI=1S/C16H17ClN2O3/c17-10-6-7-11-12(8-10)19(16(21)22)14(13(11)18)15(20)9-4-2-1-3-5-9/h6-9H,1-5,18H2,(H,21,22). The zero-order chi connectivity index (χ0) is 15.9. The molecule has 3 N–H and O–H groups in total. The van der Waals surface area contributed by atoms with Gasteiger partial charge in [0.25, 0.3) is 0 Å². The van der Waals surface area contributed by atoms with E-state index in [-0.39, 0.29) is 23.1 Å². The van der Waals surface area contributed by atoms with Gasteiger partial charge in [0.15, 0.2) is 5.78 Å². The van der Waals surface area contributed by atoms with Gasteiger partial charge in [-0.15, -0.1) is 0 Å². The number of benzene rings is 1. The number of hydrogen-bond donors (Lipinski definition) is 2. The van der Waals surface area contributed by atoms with E-state index in [2.05, 4.69) is 0 Å². The van der Waals surface area contributed by atoms with Gasteiger partial charge in [0.2, 0.25) is 0 Å². The van der Waals surface area contributed by atoms with E-state index in [0.717, 1.165) is 36.7 Å². The number of ketones is 1. The molecule has 0 saturated heterocycles. The third-order valence-corrected chi connectivity index (χ3v) is 4.61. The van der Waals surface area contributed by atoms with Crippen molar-refractivity contribution in [2.75, 3.05) is 5.73 Å². The molecular formula is C16H17ClN2O3. The van der Waals surface area contributed by atoms with Gasteiger partial charge in [0, 0.05) is 16.3 Å². The molecule has 1 aromatic carbocycles. The molecule has 0 amide bonds. The number of rotatable bonds is 2. The second-order valence-corrected chi connectivity index (χ2v) is 6.18. The third-order valence-electron chi connectivity index (χ3n) is 4.37. The summed E-state index contributed by atoms with van der Waals surface area (Å²) in [6, 6.07) is 4.82. The number of carboxylic acid groups (broad SMARTS) is 1. The molecule has 6 heteroatoms. The lowest BCUT2D eigenvalue weighted by molar-refractivity contribution is 0.0880. The molecule has 5 nitrogen and oxygen atoms in total.